The Bertz CT molecular complexity index is 470. The largest absolute Gasteiger partial charge is 0.468 e. The predicted molar refractivity (Wildman–Crippen MR) is 77.3 cm³/mol. The van der Waals surface area contributed by atoms with E-state index in [9.17, 15) is 9.59 Å². The molecule has 1 rings (SSSR count). The Balaban J connectivity index is 2.65. The smallest absolute Gasteiger partial charge is 0.325 e. The SMILES string of the molecule is CCCN(CC(=O)OC)C(=O)C=Cc1ccc(Cl)s1. The highest BCUT2D eigenvalue weighted by Gasteiger charge is 2.14. The maximum atomic E-state index is 12.0. The number of hydrogen-bond donors (Lipinski definition) is 0. The molecule has 104 valence electrons. The number of ether oxygens (including phenoxy) is 1. The fourth-order valence-electron chi connectivity index (χ4n) is 1.43. The van der Waals surface area contributed by atoms with Crippen LogP contribution in [0.5, 0.6) is 0 Å². The van der Waals surface area contributed by atoms with Gasteiger partial charge in [0.15, 0.2) is 0 Å². The van der Waals surface area contributed by atoms with E-state index in [0.29, 0.717) is 10.9 Å². The van der Waals surface area contributed by atoms with Gasteiger partial charge >= 0.3 is 5.97 Å². The zero-order valence-electron chi connectivity index (χ0n) is 10.9. The van der Waals surface area contributed by atoms with Gasteiger partial charge in [0, 0.05) is 17.5 Å². The Hall–Kier alpha value is -1.33. The van der Waals surface area contributed by atoms with Gasteiger partial charge in [-0.25, -0.2) is 0 Å². The topological polar surface area (TPSA) is 46.6 Å². The minimum atomic E-state index is -0.422. The van der Waals surface area contributed by atoms with Crippen LogP contribution in [0, 0.1) is 0 Å². The van der Waals surface area contributed by atoms with Crippen molar-refractivity contribution in [2.75, 3.05) is 20.2 Å². The number of rotatable bonds is 6. The van der Waals surface area contributed by atoms with Crippen LogP contribution in [0.25, 0.3) is 6.08 Å². The lowest BCUT2D eigenvalue weighted by Gasteiger charge is -2.18. The van der Waals surface area contributed by atoms with Crippen molar-refractivity contribution in [2.45, 2.75) is 13.3 Å². The van der Waals surface area contributed by atoms with Crippen molar-refractivity contribution < 1.29 is 14.3 Å². The summed E-state index contributed by atoms with van der Waals surface area (Å²) in [5.74, 6) is -0.633. The third-order valence-corrected chi connectivity index (χ3v) is 3.53. The Morgan fingerprint density at radius 2 is 2.21 bits per heavy atom. The van der Waals surface area contributed by atoms with Crippen LogP contribution in [-0.2, 0) is 14.3 Å². The molecule has 0 N–H and O–H groups in total. The summed E-state index contributed by atoms with van der Waals surface area (Å²) in [6, 6.07) is 3.61. The molecule has 0 aliphatic rings. The van der Waals surface area contributed by atoms with Gasteiger partial charge in [-0.2, -0.15) is 0 Å². The summed E-state index contributed by atoms with van der Waals surface area (Å²) in [6.07, 6.45) is 3.92. The molecule has 6 heteroatoms. The molecular weight excluding hydrogens is 286 g/mol. The molecule has 0 aliphatic carbocycles. The second kappa shape index (κ2) is 7.96. The second-order valence-electron chi connectivity index (χ2n) is 3.81. The highest BCUT2D eigenvalue weighted by Crippen LogP contribution is 2.22. The van der Waals surface area contributed by atoms with Gasteiger partial charge in [0.1, 0.15) is 6.54 Å². The molecule has 0 radical (unpaired) electrons. The second-order valence-corrected chi connectivity index (χ2v) is 5.56. The van der Waals surface area contributed by atoms with Gasteiger partial charge in [0.05, 0.1) is 11.4 Å². The van der Waals surface area contributed by atoms with E-state index in [4.69, 9.17) is 11.6 Å². The molecule has 4 nitrogen and oxygen atoms in total. The lowest BCUT2D eigenvalue weighted by Crippen LogP contribution is -2.35. The van der Waals surface area contributed by atoms with Gasteiger partial charge in [0.2, 0.25) is 5.91 Å². The number of methoxy groups -OCH3 is 1. The highest BCUT2D eigenvalue weighted by molar-refractivity contribution is 7.17. The molecule has 1 heterocycles. The van der Waals surface area contributed by atoms with Gasteiger partial charge < -0.3 is 9.64 Å². The van der Waals surface area contributed by atoms with Crippen molar-refractivity contribution in [2.24, 2.45) is 0 Å². The van der Waals surface area contributed by atoms with Crippen LogP contribution in [0.15, 0.2) is 18.2 Å². The van der Waals surface area contributed by atoms with Crippen LogP contribution in [0.1, 0.15) is 18.2 Å². The van der Waals surface area contributed by atoms with E-state index in [1.165, 1.54) is 29.4 Å². The van der Waals surface area contributed by atoms with E-state index in [1.807, 2.05) is 13.0 Å². The molecule has 1 aromatic rings. The molecule has 0 atom stereocenters. The normalized spacial score (nSPS) is 10.7. The van der Waals surface area contributed by atoms with Gasteiger partial charge in [-0.3, -0.25) is 9.59 Å². The first-order valence-corrected chi connectivity index (χ1v) is 7.05. The van der Waals surface area contributed by atoms with Crippen LogP contribution >= 0.6 is 22.9 Å². The van der Waals surface area contributed by atoms with Crippen molar-refractivity contribution in [3.05, 3.63) is 27.4 Å². The summed E-state index contributed by atoms with van der Waals surface area (Å²) in [7, 11) is 1.31. The van der Waals surface area contributed by atoms with Crippen molar-refractivity contribution >= 4 is 40.9 Å². The van der Waals surface area contributed by atoms with Crippen LogP contribution in [0.2, 0.25) is 4.34 Å². The first-order valence-electron chi connectivity index (χ1n) is 5.86. The number of nitrogens with zero attached hydrogens (tertiary/aromatic N) is 1. The monoisotopic (exact) mass is 301 g/mol. The molecule has 0 saturated heterocycles. The zero-order chi connectivity index (χ0) is 14.3. The molecule has 0 saturated carbocycles. The maximum Gasteiger partial charge on any atom is 0.325 e. The Morgan fingerprint density at radius 3 is 2.74 bits per heavy atom. The third-order valence-electron chi connectivity index (χ3n) is 2.34. The standard InChI is InChI=1S/C13H16ClNO3S/c1-3-8-15(9-13(17)18-2)12(16)7-5-10-4-6-11(14)19-10/h4-7H,3,8-9H2,1-2H3. The van der Waals surface area contributed by atoms with Crippen LogP contribution in [0.3, 0.4) is 0 Å². The van der Waals surface area contributed by atoms with Crippen molar-refractivity contribution in [1.82, 2.24) is 4.90 Å². The summed E-state index contributed by atoms with van der Waals surface area (Å²) < 4.78 is 5.24. The summed E-state index contributed by atoms with van der Waals surface area (Å²) in [6.45, 7) is 2.43. The molecule has 0 unspecified atom stereocenters. The summed E-state index contributed by atoms with van der Waals surface area (Å²) in [5.41, 5.74) is 0. The predicted octanol–water partition coefficient (Wildman–Crippen LogP) is 2.83. The molecule has 0 aliphatic heterocycles. The molecule has 1 amide bonds. The summed E-state index contributed by atoms with van der Waals surface area (Å²) in [5, 5.41) is 0. The molecule has 0 fully saturated rings. The van der Waals surface area contributed by atoms with Gasteiger partial charge in [-0.15, -0.1) is 11.3 Å². The molecule has 0 aromatic carbocycles. The van der Waals surface area contributed by atoms with Gasteiger partial charge in [0.25, 0.3) is 0 Å². The van der Waals surface area contributed by atoms with Gasteiger partial charge in [-0.1, -0.05) is 18.5 Å². The van der Waals surface area contributed by atoms with Crippen LogP contribution < -0.4 is 0 Å². The number of halogens is 1. The van der Waals surface area contributed by atoms with Crippen LogP contribution in [-0.4, -0.2) is 37.0 Å². The van der Waals surface area contributed by atoms with E-state index >= 15 is 0 Å². The minimum Gasteiger partial charge on any atom is -0.468 e. The Kier molecular flexibility index (Phi) is 6.59. The van der Waals surface area contributed by atoms with Crippen LogP contribution in [0.4, 0.5) is 0 Å². The van der Waals surface area contributed by atoms with Crippen molar-refractivity contribution in [3.63, 3.8) is 0 Å². The van der Waals surface area contributed by atoms with E-state index in [1.54, 1.807) is 12.1 Å². The molecular formula is C13H16ClNO3S. The minimum absolute atomic E-state index is 0.0291. The maximum absolute atomic E-state index is 12.0. The Morgan fingerprint density at radius 1 is 1.47 bits per heavy atom. The average Bonchev–Trinajstić information content (AvgIpc) is 2.81. The quantitative estimate of drug-likeness (QED) is 0.599. The fourth-order valence-corrected chi connectivity index (χ4v) is 2.40. The fraction of sp³-hybridized carbons (Fsp3) is 0.385. The first-order chi connectivity index (χ1) is 9.06. The number of amides is 1. The lowest BCUT2D eigenvalue weighted by molar-refractivity contribution is -0.145. The highest BCUT2D eigenvalue weighted by atomic mass is 35.5. The van der Waals surface area contributed by atoms with E-state index in [-0.39, 0.29) is 12.5 Å². The van der Waals surface area contributed by atoms with Gasteiger partial charge in [-0.05, 0) is 24.6 Å². The number of carbonyl (C=O) groups is 2. The van der Waals surface area contributed by atoms with E-state index in [0.717, 1.165) is 11.3 Å². The molecule has 19 heavy (non-hydrogen) atoms. The zero-order valence-corrected chi connectivity index (χ0v) is 12.5. The number of esters is 1. The first kappa shape index (κ1) is 15.7. The van der Waals surface area contributed by atoms with Crippen molar-refractivity contribution in [3.8, 4) is 0 Å². The summed E-state index contributed by atoms with van der Waals surface area (Å²) >= 11 is 7.19. The Labute approximate surface area is 121 Å². The number of thiophene rings is 1. The number of carbonyl (C=O) groups excluding carboxylic acids is 2. The van der Waals surface area contributed by atoms with E-state index in [2.05, 4.69) is 4.74 Å². The van der Waals surface area contributed by atoms with E-state index < -0.39 is 5.97 Å². The summed E-state index contributed by atoms with van der Waals surface area (Å²) in [4.78, 5) is 25.5. The van der Waals surface area contributed by atoms with Crippen molar-refractivity contribution in [1.29, 1.82) is 0 Å². The lowest BCUT2D eigenvalue weighted by atomic mass is 10.3. The molecule has 0 bridgehead atoms. The number of hydrogen-bond acceptors (Lipinski definition) is 4. The molecule has 0 spiro atoms. The molecule has 1 aromatic heterocycles. The third kappa shape index (κ3) is 5.44. The average molecular weight is 302 g/mol.